The molecule has 2 N–H and O–H groups in total. The number of pyridine rings is 1. The first-order valence-electron chi connectivity index (χ1n) is 6.19. The third kappa shape index (κ3) is 5.58. The summed E-state index contributed by atoms with van der Waals surface area (Å²) >= 11 is 0. The summed E-state index contributed by atoms with van der Waals surface area (Å²) in [5.74, 6) is -2.40. The number of alkyl halides is 6. The fraction of sp³-hybridized carbons (Fsp3) is 0.500. The lowest BCUT2D eigenvalue weighted by atomic mass is 10.1. The Balaban J connectivity index is 3.37. The van der Waals surface area contributed by atoms with E-state index in [0.29, 0.717) is 0 Å². The SMILES string of the molecule is CCOC(=O)Cc1cc(CN)c(OC(F)(F)F)c(C(F)(F)F)n1. The van der Waals surface area contributed by atoms with Crippen LogP contribution in [0, 0.1) is 0 Å². The number of nitrogens with two attached hydrogens (primary N) is 1. The van der Waals surface area contributed by atoms with Crippen molar-refractivity contribution >= 4 is 5.97 Å². The van der Waals surface area contributed by atoms with Gasteiger partial charge in [-0.25, -0.2) is 4.98 Å². The Morgan fingerprint density at radius 1 is 1.26 bits per heavy atom. The van der Waals surface area contributed by atoms with Crippen LogP contribution in [0.5, 0.6) is 5.75 Å². The van der Waals surface area contributed by atoms with Crippen LogP contribution in [0.3, 0.4) is 0 Å². The quantitative estimate of drug-likeness (QED) is 0.655. The minimum Gasteiger partial charge on any atom is -0.466 e. The van der Waals surface area contributed by atoms with Crippen LogP contribution in [0.4, 0.5) is 26.3 Å². The maximum atomic E-state index is 12.9. The molecule has 130 valence electrons. The molecule has 0 fully saturated rings. The maximum Gasteiger partial charge on any atom is 0.573 e. The lowest BCUT2D eigenvalue weighted by molar-refractivity contribution is -0.276. The van der Waals surface area contributed by atoms with Gasteiger partial charge in [0.1, 0.15) is 0 Å². The monoisotopic (exact) mass is 346 g/mol. The van der Waals surface area contributed by atoms with Crippen LogP contribution in [-0.2, 0) is 28.7 Å². The highest BCUT2D eigenvalue weighted by Crippen LogP contribution is 2.39. The molecule has 0 spiro atoms. The third-order valence-corrected chi connectivity index (χ3v) is 2.44. The number of aromatic nitrogens is 1. The maximum absolute atomic E-state index is 12.9. The topological polar surface area (TPSA) is 74.4 Å². The molecule has 0 aromatic carbocycles. The smallest absolute Gasteiger partial charge is 0.466 e. The highest BCUT2D eigenvalue weighted by atomic mass is 19.4. The number of esters is 1. The van der Waals surface area contributed by atoms with Gasteiger partial charge < -0.3 is 15.2 Å². The second-order valence-corrected chi connectivity index (χ2v) is 4.18. The van der Waals surface area contributed by atoms with E-state index in [4.69, 9.17) is 5.73 Å². The third-order valence-electron chi connectivity index (χ3n) is 2.44. The van der Waals surface area contributed by atoms with Gasteiger partial charge in [-0.15, -0.1) is 13.2 Å². The molecule has 1 aromatic rings. The first-order valence-corrected chi connectivity index (χ1v) is 6.19. The molecular formula is C12H12F6N2O3. The van der Waals surface area contributed by atoms with Crippen LogP contribution >= 0.6 is 0 Å². The van der Waals surface area contributed by atoms with E-state index in [2.05, 4.69) is 14.5 Å². The summed E-state index contributed by atoms with van der Waals surface area (Å²) < 4.78 is 83.7. The molecule has 0 amide bonds. The van der Waals surface area contributed by atoms with E-state index in [9.17, 15) is 31.1 Å². The van der Waals surface area contributed by atoms with E-state index in [0.717, 1.165) is 6.07 Å². The van der Waals surface area contributed by atoms with Crippen molar-refractivity contribution in [3.8, 4) is 5.75 Å². The van der Waals surface area contributed by atoms with Crippen molar-refractivity contribution in [3.05, 3.63) is 23.0 Å². The number of hydrogen-bond acceptors (Lipinski definition) is 5. The number of carbonyl (C=O) groups excluding carboxylic acids is 1. The van der Waals surface area contributed by atoms with Gasteiger partial charge in [-0.3, -0.25) is 4.79 Å². The molecule has 1 heterocycles. The molecule has 0 radical (unpaired) electrons. The van der Waals surface area contributed by atoms with Gasteiger partial charge in [0.15, 0.2) is 11.4 Å². The van der Waals surface area contributed by atoms with E-state index < -0.39 is 54.2 Å². The van der Waals surface area contributed by atoms with E-state index in [-0.39, 0.29) is 6.61 Å². The van der Waals surface area contributed by atoms with Crippen molar-refractivity contribution in [2.24, 2.45) is 5.73 Å². The van der Waals surface area contributed by atoms with Crippen LogP contribution < -0.4 is 10.5 Å². The molecule has 0 aliphatic heterocycles. The number of rotatable bonds is 5. The van der Waals surface area contributed by atoms with Crippen molar-refractivity contribution in [3.63, 3.8) is 0 Å². The predicted octanol–water partition coefficient (Wildman–Crippen LogP) is 2.56. The standard InChI is InChI=1S/C12H12F6N2O3/c1-2-22-8(21)4-7-3-6(5-19)9(23-12(16,17)18)10(20-7)11(13,14)15/h3H,2,4-5,19H2,1H3. The Hall–Kier alpha value is -2.04. The van der Waals surface area contributed by atoms with Crippen molar-refractivity contribution in [1.82, 2.24) is 4.98 Å². The van der Waals surface area contributed by atoms with Crippen molar-refractivity contribution in [2.45, 2.75) is 32.4 Å². The Kier molecular flexibility index (Phi) is 5.81. The molecule has 0 unspecified atom stereocenters. The van der Waals surface area contributed by atoms with E-state index in [1.165, 1.54) is 6.92 Å². The average Bonchev–Trinajstić information content (AvgIpc) is 2.37. The van der Waals surface area contributed by atoms with Gasteiger partial charge >= 0.3 is 18.5 Å². The summed E-state index contributed by atoms with van der Waals surface area (Å²) in [6, 6.07) is 0.841. The van der Waals surface area contributed by atoms with Crippen LogP contribution in [0.1, 0.15) is 23.9 Å². The Labute approximate surface area is 126 Å². The van der Waals surface area contributed by atoms with Gasteiger partial charge in [-0.2, -0.15) is 13.2 Å². The van der Waals surface area contributed by atoms with Crippen LogP contribution in [0.25, 0.3) is 0 Å². The number of halogens is 6. The first kappa shape index (κ1) is 19.0. The van der Waals surface area contributed by atoms with Gasteiger partial charge in [0, 0.05) is 12.1 Å². The van der Waals surface area contributed by atoms with E-state index in [1.807, 2.05) is 0 Å². The zero-order valence-corrected chi connectivity index (χ0v) is 11.7. The van der Waals surface area contributed by atoms with E-state index in [1.54, 1.807) is 0 Å². The molecule has 5 nitrogen and oxygen atoms in total. The zero-order chi connectivity index (χ0) is 17.8. The van der Waals surface area contributed by atoms with Gasteiger partial charge in [-0.05, 0) is 13.0 Å². The molecular weight excluding hydrogens is 334 g/mol. The molecule has 0 saturated carbocycles. The zero-order valence-electron chi connectivity index (χ0n) is 11.7. The van der Waals surface area contributed by atoms with Crippen molar-refractivity contribution in [1.29, 1.82) is 0 Å². The fourth-order valence-corrected chi connectivity index (χ4v) is 1.67. The summed E-state index contributed by atoms with van der Waals surface area (Å²) in [6.07, 6.45) is -11.2. The van der Waals surface area contributed by atoms with Crippen molar-refractivity contribution in [2.75, 3.05) is 6.61 Å². The first-order chi connectivity index (χ1) is 10.5. The van der Waals surface area contributed by atoms with Gasteiger partial charge in [0.05, 0.1) is 18.7 Å². The number of nitrogens with zero attached hydrogens (tertiary/aromatic N) is 1. The number of carbonyl (C=O) groups is 1. The summed E-state index contributed by atoms with van der Waals surface area (Å²) in [7, 11) is 0. The second-order valence-electron chi connectivity index (χ2n) is 4.18. The highest BCUT2D eigenvalue weighted by molar-refractivity contribution is 5.72. The Morgan fingerprint density at radius 2 is 1.87 bits per heavy atom. The summed E-state index contributed by atoms with van der Waals surface area (Å²) in [4.78, 5) is 14.4. The van der Waals surface area contributed by atoms with Gasteiger partial charge in [0.2, 0.25) is 0 Å². The average molecular weight is 346 g/mol. The summed E-state index contributed by atoms with van der Waals surface area (Å²) in [5.41, 5.74) is 2.27. The fourth-order valence-electron chi connectivity index (χ4n) is 1.67. The predicted molar refractivity (Wildman–Crippen MR) is 64.2 cm³/mol. The van der Waals surface area contributed by atoms with Crippen LogP contribution in [0.15, 0.2) is 6.07 Å². The molecule has 1 aromatic heterocycles. The highest BCUT2D eigenvalue weighted by Gasteiger charge is 2.42. The number of ether oxygens (including phenoxy) is 2. The number of hydrogen-bond donors (Lipinski definition) is 1. The minimum atomic E-state index is -5.35. The molecule has 0 aliphatic rings. The molecule has 23 heavy (non-hydrogen) atoms. The Morgan fingerprint density at radius 3 is 2.30 bits per heavy atom. The summed E-state index contributed by atoms with van der Waals surface area (Å²) in [6.45, 7) is 0.800. The largest absolute Gasteiger partial charge is 0.573 e. The molecule has 0 atom stereocenters. The molecule has 11 heteroatoms. The normalized spacial score (nSPS) is 12.2. The lowest BCUT2D eigenvalue weighted by Crippen LogP contribution is -2.24. The lowest BCUT2D eigenvalue weighted by Gasteiger charge is -2.18. The van der Waals surface area contributed by atoms with E-state index >= 15 is 0 Å². The molecule has 1 rings (SSSR count). The molecule has 0 saturated heterocycles. The summed E-state index contributed by atoms with van der Waals surface area (Å²) in [5, 5.41) is 0. The van der Waals surface area contributed by atoms with Crippen LogP contribution in [-0.4, -0.2) is 23.9 Å². The minimum absolute atomic E-state index is 0.00994. The van der Waals surface area contributed by atoms with Gasteiger partial charge in [-0.1, -0.05) is 0 Å². The second kappa shape index (κ2) is 7.02. The van der Waals surface area contributed by atoms with Gasteiger partial charge in [0.25, 0.3) is 0 Å². The molecule has 0 aliphatic carbocycles. The molecule has 0 bridgehead atoms. The van der Waals surface area contributed by atoms with Crippen molar-refractivity contribution < 1.29 is 40.6 Å². The van der Waals surface area contributed by atoms with Crippen LogP contribution in [0.2, 0.25) is 0 Å². The Bertz CT molecular complexity index is 571.